The van der Waals surface area contributed by atoms with E-state index >= 15 is 0 Å². The molecular weight excluding hydrogens is 452 g/mol. The van der Waals surface area contributed by atoms with E-state index in [4.69, 9.17) is 4.98 Å². The van der Waals surface area contributed by atoms with Gasteiger partial charge in [0, 0.05) is 22.1 Å². The molecule has 0 aliphatic carbocycles. The Morgan fingerprint density at radius 1 is 0.378 bits per heavy atom. The van der Waals surface area contributed by atoms with E-state index in [0.717, 1.165) is 39.4 Å². The van der Waals surface area contributed by atoms with Crippen molar-refractivity contribution in [3.05, 3.63) is 133 Å². The van der Waals surface area contributed by atoms with E-state index in [9.17, 15) is 0 Å². The minimum Gasteiger partial charge on any atom is -0.307 e. The number of hydrogen-bond donors (Lipinski definition) is 0. The number of aromatic nitrogens is 4. The van der Waals surface area contributed by atoms with Gasteiger partial charge in [-0.05, 0) is 48.5 Å². The normalized spacial score (nSPS) is 11.8. The van der Waals surface area contributed by atoms with Gasteiger partial charge >= 0.3 is 0 Å². The predicted octanol–water partition coefficient (Wildman–Crippen LogP) is 8.07. The molecule has 4 heteroatoms. The SMILES string of the molecule is c1ccc(-n2c(-n3c4ccccc4c4c3c3ccccc3n4-c3ccccc3)nc3ccccc32)cc1. The average Bonchev–Trinajstić information content (AvgIpc) is 3.61. The van der Waals surface area contributed by atoms with Gasteiger partial charge in [0.15, 0.2) is 0 Å². The molecule has 0 N–H and O–H groups in total. The Bertz CT molecular complexity index is 2070. The highest BCUT2D eigenvalue weighted by molar-refractivity contribution is 6.19. The van der Waals surface area contributed by atoms with Gasteiger partial charge in [-0.15, -0.1) is 0 Å². The van der Waals surface area contributed by atoms with Crippen molar-refractivity contribution in [3.63, 3.8) is 0 Å². The van der Waals surface area contributed by atoms with E-state index in [1.54, 1.807) is 0 Å². The summed E-state index contributed by atoms with van der Waals surface area (Å²) in [5.74, 6) is 0.884. The van der Waals surface area contributed by atoms with E-state index in [1.165, 1.54) is 21.8 Å². The summed E-state index contributed by atoms with van der Waals surface area (Å²) in [6.45, 7) is 0. The summed E-state index contributed by atoms with van der Waals surface area (Å²) in [6.07, 6.45) is 0. The van der Waals surface area contributed by atoms with Crippen LogP contribution >= 0.6 is 0 Å². The van der Waals surface area contributed by atoms with Gasteiger partial charge in [-0.2, -0.15) is 0 Å². The number of fused-ring (bicyclic) bond motifs is 6. The van der Waals surface area contributed by atoms with Crippen LogP contribution in [0.1, 0.15) is 0 Å². The molecule has 0 atom stereocenters. The highest BCUT2D eigenvalue weighted by Gasteiger charge is 2.24. The largest absolute Gasteiger partial charge is 0.307 e. The summed E-state index contributed by atoms with van der Waals surface area (Å²) in [5.41, 5.74) is 8.96. The second-order valence-electron chi connectivity index (χ2n) is 9.31. The van der Waals surface area contributed by atoms with E-state index in [0.29, 0.717) is 0 Å². The molecule has 0 bridgehead atoms. The molecule has 3 aromatic heterocycles. The number of para-hydroxylation sites is 6. The number of hydrogen-bond acceptors (Lipinski definition) is 1. The Hall–Kier alpha value is -5.09. The quantitative estimate of drug-likeness (QED) is 0.254. The molecule has 5 aromatic carbocycles. The third kappa shape index (κ3) is 2.81. The molecule has 37 heavy (non-hydrogen) atoms. The van der Waals surface area contributed by atoms with Crippen LogP contribution in [-0.4, -0.2) is 18.7 Å². The summed E-state index contributed by atoms with van der Waals surface area (Å²) in [7, 11) is 0. The third-order valence-electron chi connectivity index (χ3n) is 7.24. The van der Waals surface area contributed by atoms with Crippen LogP contribution < -0.4 is 0 Å². The van der Waals surface area contributed by atoms with Crippen LogP contribution in [0.5, 0.6) is 0 Å². The molecule has 0 radical (unpaired) electrons. The van der Waals surface area contributed by atoms with Crippen molar-refractivity contribution in [2.45, 2.75) is 0 Å². The minimum atomic E-state index is 0.884. The van der Waals surface area contributed by atoms with Gasteiger partial charge in [-0.25, -0.2) is 4.98 Å². The first-order chi connectivity index (χ1) is 18.4. The molecule has 0 aliphatic rings. The lowest BCUT2D eigenvalue weighted by Gasteiger charge is -2.12. The van der Waals surface area contributed by atoms with Crippen LogP contribution in [0.25, 0.3) is 61.2 Å². The van der Waals surface area contributed by atoms with Crippen LogP contribution in [-0.2, 0) is 0 Å². The van der Waals surface area contributed by atoms with E-state index in [1.807, 2.05) is 0 Å². The van der Waals surface area contributed by atoms with E-state index in [-0.39, 0.29) is 0 Å². The van der Waals surface area contributed by atoms with Gasteiger partial charge in [0.25, 0.3) is 0 Å². The first kappa shape index (κ1) is 20.1. The maximum Gasteiger partial charge on any atom is 0.220 e. The molecule has 174 valence electrons. The number of benzene rings is 5. The zero-order chi connectivity index (χ0) is 24.3. The molecule has 0 aliphatic heterocycles. The lowest BCUT2D eigenvalue weighted by Crippen LogP contribution is -2.05. The second-order valence-corrected chi connectivity index (χ2v) is 9.31. The van der Waals surface area contributed by atoms with Crippen molar-refractivity contribution in [3.8, 4) is 17.3 Å². The molecule has 0 amide bonds. The Kier molecular flexibility index (Phi) is 4.19. The molecule has 0 saturated carbocycles. The van der Waals surface area contributed by atoms with Crippen molar-refractivity contribution >= 4 is 43.9 Å². The fourth-order valence-corrected chi connectivity index (χ4v) is 5.73. The standard InChI is InChI=1S/C33H22N4/c1-3-13-23(14-4-1)35-28-20-10-7-17-25(28)32-31(35)26-18-8-11-21-29(26)37(32)33-34-27-19-9-12-22-30(27)36(33)24-15-5-2-6-16-24/h1-22H. The molecule has 8 aromatic rings. The molecule has 3 heterocycles. The maximum atomic E-state index is 5.24. The highest BCUT2D eigenvalue weighted by Crippen LogP contribution is 2.41. The summed E-state index contributed by atoms with van der Waals surface area (Å²) < 4.78 is 7.01. The lowest BCUT2D eigenvalue weighted by atomic mass is 10.2. The Morgan fingerprint density at radius 3 is 1.49 bits per heavy atom. The first-order valence-corrected chi connectivity index (χ1v) is 12.5. The zero-order valence-electron chi connectivity index (χ0n) is 20.0. The van der Waals surface area contributed by atoms with Gasteiger partial charge in [0.2, 0.25) is 5.95 Å². The van der Waals surface area contributed by atoms with Crippen LogP contribution in [0.2, 0.25) is 0 Å². The van der Waals surface area contributed by atoms with Crippen molar-refractivity contribution in [1.82, 2.24) is 18.7 Å². The molecule has 4 nitrogen and oxygen atoms in total. The highest BCUT2D eigenvalue weighted by atomic mass is 15.3. The second kappa shape index (κ2) is 7.70. The lowest BCUT2D eigenvalue weighted by molar-refractivity contribution is 0.957. The molecule has 0 spiro atoms. The van der Waals surface area contributed by atoms with E-state index < -0.39 is 0 Å². The van der Waals surface area contributed by atoms with Crippen molar-refractivity contribution in [2.24, 2.45) is 0 Å². The number of nitrogens with zero attached hydrogens (tertiary/aromatic N) is 4. The average molecular weight is 475 g/mol. The molecule has 0 unspecified atom stereocenters. The summed E-state index contributed by atoms with van der Waals surface area (Å²) in [5, 5.41) is 2.40. The topological polar surface area (TPSA) is 27.7 Å². The minimum absolute atomic E-state index is 0.884. The van der Waals surface area contributed by atoms with Gasteiger partial charge in [0.05, 0.1) is 33.1 Å². The Morgan fingerprint density at radius 2 is 0.838 bits per heavy atom. The van der Waals surface area contributed by atoms with Gasteiger partial charge < -0.3 is 4.57 Å². The van der Waals surface area contributed by atoms with Gasteiger partial charge in [-0.3, -0.25) is 9.13 Å². The summed E-state index contributed by atoms with van der Waals surface area (Å²) in [6, 6.07) is 46.9. The Labute approximate surface area is 213 Å². The molecule has 8 rings (SSSR count). The fraction of sp³-hybridized carbons (Fsp3) is 0. The summed E-state index contributed by atoms with van der Waals surface area (Å²) in [4.78, 5) is 5.24. The molecular formula is C33H22N4. The smallest absolute Gasteiger partial charge is 0.220 e. The van der Waals surface area contributed by atoms with Crippen LogP contribution in [0, 0.1) is 0 Å². The first-order valence-electron chi connectivity index (χ1n) is 12.5. The monoisotopic (exact) mass is 474 g/mol. The van der Waals surface area contributed by atoms with Crippen molar-refractivity contribution in [1.29, 1.82) is 0 Å². The van der Waals surface area contributed by atoms with Crippen LogP contribution in [0.15, 0.2) is 133 Å². The fourth-order valence-electron chi connectivity index (χ4n) is 5.73. The number of imidazole rings is 1. The molecule has 0 saturated heterocycles. The Balaban J connectivity index is 1.61. The third-order valence-corrected chi connectivity index (χ3v) is 7.24. The number of rotatable bonds is 3. The predicted molar refractivity (Wildman–Crippen MR) is 152 cm³/mol. The maximum absolute atomic E-state index is 5.24. The van der Waals surface area contributed by atoms with Crippen molar-refractivity contribution < 1.29 is 0 Å². The summed E-state index contributed by atoms with van der Waals surface area (Å²) >= 11 is 0. The van der Waals surface area contributed by atoms with Crippen LogP contribution in [0.4, 0.5) is 0 Å². The van der Waals surface area contributed by atoms with Gasteiger partial charge in [0.1, 0.15) is 0 Å². The van der Waals surface area contributed by atoms with Gasteiger partial charge in [-0.1, -0.05) is 84.9 Å². The van der Waals surface area contributed by atoms with Crippen molar-refractivity contribution in [2.75, 3.05) is 0 Å². The molecule has 0 fully saturated rings. The van der Waals surface area contributed by atoms with E-state index in [2.05, 4.69) is 147 Å². The zero-order valence-corrected chi connectivity index (χ0v) is 20.0. The van der Waals surface area contributed by atoms with Crippen LogP contribution in [0.3, 0.4) is 0 Å².